The van der Waals surface area contributed by atoms with Crippen LogP contribution in [0.25, 0.3) is 0 Å². The Kier molecular flexibility index (Phi) is 6.01. The molecule has 0 aliphatic heterocycles. The van der Waals surface area contributed by atoms with Crippen LogP contribution >= 0.6 is 15.9 Å². The van der Waals surface area contributed by atoms with E-state index in [1.165, 1.54) is 7.05 Å². The molecule has 0 unspecified atom stereocenters. The maximum absolute atomic E-state index is 12.2. The number of hydrogen-bond acceptors (Lipinski definition) is 2. The van der Waals surface area contributed by atoms with Crippen molar-refractivity contribution in [3.63, 3.8) is 0 Å². The molecule has 1 aromatic rings. The number of amides is 1. The van der Waals surface area contributed by atoms with E-state index >= 15 is 0 Å². The molecule has 0 fully saturated rings. The van der Waals surface area contributed by atoms with Gasteiger partial charge in [0.2, 0.25) is 5.91 Å². The number of likely N-dealkylation sites (N-methyl/N-ethyl adjacent to an activating group) is 1. The Balaban J connectivity index is 2.49. The van der Waals surface area contributed by atoms with E-state index in [4.69, 9.17) is 5.11 Å². The van der Waals surface area contributed by atoms with Crippen LogP contribution in [0.15, 0.2) is 28.7 Å². The molecule has 1 N–H and O–H groups in total. The van der Waals surface area contributed by atoms with Crippen molar-refractivity contribution in [1.29, 1.82) is 0 Å². The lowest BCUT2D eigenvalue weighted by atomic mass is 10.1. The van der Waals surface area contributed by atoms with Gasteiger partial charge in [-0.1, -0.05) is 34.1 Å². The van der Waals surface area contributed by atoms with Crippen LogP contribution in [-0.4, -0.2) is 41.8 Å². The number of aryl methyl sites for hydroxylation is 1. The monoisotopic (exact) mass is 353 g/mol. The maximum Gasteiger partial charge on any atom is 0.416 e. The normalized spacial score (nSPS) is 13.1. The lowest BCUT2D eigenvalue weighted by Crippen LogP contribution is -2.41. The quantitative estimate of drug-likeness (QED) is 0.884. The summed E-state index contributed by atoms with van der Waals surface area (Å²) >= 11 is 3.34. The molecule has 3 nitrogen and oxygen atoms in total. The SMILES string of the molecule is CN(C[C@@H](O)C(F)(F)F)C(=O)CCc1ccccc1Br. The van der Waals surface area contributed by atoms with E-state index in [0.29, 0.717) is 6.42 Å². The summed E-state index contributed by atoms with van der Waals surface area (Å²) in [5.74, 6) is -0.441. The van der Waals surface area contributed by atoms with Gasteiger partial charge >= 0.3 is 6.18 Å². The Morgan fingerprint density at radius 2 is 2.00 bits per heavy atom. The molecule has 0 aliphatic rings. The molecule has 1 atom stereocenters. The van der Waals surface area contributed by atoms with Crippen molar-refractivity contribution >= 4 is 21.8 Å². The van der Waals surface area contributed by atoms with E-state index in [-0.39, 0.29) is 6.42 Å². The van der Waals surface area contributed by atoms with Crippen LogP contribution in [0.4, 0.5) is 13.2 Å². The van der Waals surface area contributed by atoms with Gasteiger partial charge in [-0.15, -0.1) is 0 Å². The van der Waals surface area contributed by atoms with Crippen molar-refractivity contribution in [2.45, 2.75) is 25.1 Å². The summed E-state index contributed by atoms with van der Waals surface area (Å²) in [4.78, 5) is 12.6. The maximum atomic E-state index is 12.2. The topological polar surface area (TPSA) is 40.5 Å². The van der Waals surface area contributed by atoms with E-state index in [0.717, 1.165) is 14.9 Å². The number of aliphatic hydroxyl groups excluding tert-OH is 1. The van der Waals surface area contributed by atoms with Crippen LogP contribution in [0.5, 0.6) is 0 Å². The van der Waals surface area contributed by atoms with Crippen LogP contribution in [0.1, 0.15) is 12.0 Å². The van der Waals surface area contributed by atoms with Crippen molar-refractivity contribution in [2.75, 3.05) is 13.6 Å². The summed E-state index contributed by atoms with van der Waals surface area (Å²) in [5, 5.41) is 8.91. The molecule has 1 rings (SSSR count). The predicted octanol–water partition coefficient (Wildman–Crippen LogP) is 2.76. The van der Waals surface area contributed by atoms with Crippen LogP contribution in [0.3, 0.4) is 0 Å². The summed E-state index contributed by atoms with van der Waals surface area (Å²) in [6.07, 6.45) is -6.71. The van der Waals surface area contributed by atoms with Crippen molar-refractivity contribution in [1.82, 2.24) is 4.90 Å². The lowest BCUT2D eigenvalue weighted by Gasteiger charge is -2.22. The molecule has 20 heavy (non-hydrogen) atoms. The molecule has 0 saturated heterocycles. The van der Waals surface area contributed by atoms with E-state index in [9.17, 15) is 18.0 Å². The van der Waals surface area contributed by atoms with E-state index < -0.39 is 24.7 Å². The molecule has 0 radical (unpaired) electrons. The molecular weight excluding hydrogens is 339 g/mol. The highest BCUT2D eigenvalue weighted by molar-refractivity contribution is 9.10. The van der Waals surface area contributed by atoms with E-state index in [1.807, 2.05) is 24.3 Å². The van der Waals surface area contributed by atoms with Gasteiger partial charge in [0.05, 0.1) is 6.54 Å². The zero-order valence-electron chi connectivity index (χ0n) is 10.8. The number of aliphatic hydroxyl groups is 1. The average molecular weight is 354 g/mol. The van der Waals surface area contributed by atoms with Crippen LogP contribution in [0.2, 0.25) is 0 Å². The Morgan fingerprint density at radius 1 is 1.40 bits per heavy atom. The highest BCUT2D eigenvalue weighted by atomic mass is 79.9. The summed E-state index contributed by atoms with van der Waals surface area (Å²) in [5.41, 5.74) is 0.908. The van der Waals surface area contributed by atoms with Gasteiger partial charge in [-0.05, 0) is 18.1 Å². The number of nitrogens with zero attached hydrogens (tertiary/aromatic N) is 1. The zero-order valence-corrected chi connectivity index (χ0v) is 12.4. The van der Waals surface area contributed by atoms with Crippen molar-refractivity contribution in [3.05, 3.63) is 34.3 Å². The number of benzene rings is 1. The Morgan fingerprint density at radius 3 is 2.55 bits per heavy atom. The molecule has 7 heteroatoms. The minimum absolute atomic E-state index is 0.0870. The number of rotatable bonds is 5. The highest BCUT2D eigenvalue weighted by Gasteiger charge is 2.39. The molecule has 112 valence electrons. The van der Waals surface area contributed by atoms with Gasteiger partial charge in [-0.3, -0.25) is 4.79 Å². The Bertz CT molecular complexity index is 465. The standard InChI is InChI=1S/C13H15BrF3NO2/c1-18(8-11(19)13(15,16)17)12(20)7-6-9-4-2-3-5-10(9)14/h2-5,11,19H,6-8H2,1H3/t11-/m1/s1. The van der Waals surface area contributed by atoms with Crippen LogP contribution in [-0.2, 0) is 11.2 Å². The van der Waals surface area contributed by atoms with E-state index in [1.54, 1.807) is 0 Å². The molecule has 0 heterocycles. The van der Waals surface area contributed by atoms with Crippen LogP contribution in [0, 0.1) is 0 Å². The largest absolute Gasteiger partial charge is 0.416 e. The molecule has 0 bridgehead atoms. The number of hydrogen-bond donors (Lipinski definition) is 1. The van der Waals surface area contributed by atoms with Crippen molar-refractivity contribution in [3.8, 4) is 0 Å². The molecule has 0 aliphatic carbocycles. The Labute approximate surface area is 123 Å². The molecule has 0 spiro atoms. The fraction of sp³-hybridized carbons (Fsp3) is 0.462. The minimum Gasteiger partial charge on any atom is -0.382 e. The first-order valence-electron chi connectivity index (χ1n) is 5.94. The van der Waals surface area contributed by atoms with Gasteiger partial charge in [-0.2, -0.15) is 13.2 Å². The molecule has 1 aromatic carbocycles. The molecule has 1 amide bonds. The first-order valence-corrected chi connectivity index (χ1v) is 6.73. The second-order valence-electron chi connectivity index (χ2n) is 4.42. The summed E-state index contributed by atoms with van der Waals surface area (Å²) in [6, 6.07) is 7.32. The average Bonchev–Trinajstić information content (AvgIpc) is 2.36. The fourth-order valence-electron chi connectivity index (χ4n) is 1.60. The predicted molar refractivity (Wildman–Crippen MR) is 72.2 cm³/mol. The summed E-state index contributed by atoms with van der Waals surface area (Å²) in [6.45, 7) is -0.752. The number of carbonyl (C=O) groups excluding carboxylic acids is 1. The Hall–Kier alpha value is -1.08. The number of alkyl halides is 3. The van der Waals surface area contributed by atoms with Gasteiger partial charge in [0.25, 0.3) is 0 Å². The first-order chi connectivity index (χ1) is 9.21. The summed E-state index contributed by atoms with van der Waals surface area (Å²) in [7, 11) is 1.25. The van der Waals surface area contributed by atoms with Crippen LogP contribution < -0.4 is 0 Å². The third-order valence-corrected chi connectivity index (χ3v) is 3.59. The third kappa shape index (κ3) is 5.13. The van der Waals surface area contributed by atoms with Gasteiger partial charge in [0, 0.05) is 17.9 Å². The second-order valence-corrected chi connectivity index (χ2v) is 5.28. The smallest absolute Gasteiger partial charge is 0.382 e. The van der Waals surface area contributed by atoms with Gasteiger partial charge < -0.3 is 10.0 Å². The van der Waals surface area contributed by atoms with Crippen molar-refractivity contribution in [2.24, 2.45) is 0 Å². The second kappa shape index (κ2) is 7.08. The number of carbonyl (C=O) groups is 1. The lowest BCUT2D eigenvalue weighted by molar-refractivity contribution is -0.207. The molecular formula is C13H15BrF3NO2. The number of halogens is 4. The van der Waals surface area contributed by atoms with Gasteiger partial charge in [0.15, 0.2) is 6.10 Å². The van der Waals surface area contributed by atoms with E-state index in [2.05, 4.69) is 15.9 Å². The van der Waals surface area contributed by atoms with Gasteiger partial charge in [-0.25, -0.2) is 0 Å². The highest BCUT2D eigenvalue weighted by Crippen LogP contribution is 2.21. The minimum atomic E-state index is -4.71. The van der Waals surface area contributed by atoms with Crippen molar-refractivity contribution < 1.29 is 23.1 Å². The van der Waals surface area contributed by atoms with Gasteiger partial charge in [0.1, 0.15) is 0 Å². The summed E-state index contributed by atoms with van der Waals surface area (Å²) < 4.78 is 37.4. The fourth-order valence-corrected chi connectivity index (χ4v) is 2.08. The zero-order chi connectivity index (χ0) is 15.3. The first kappa shape index (κ1) is 17.0. The molecule has 0 saturated carbocycles. The third-order valence-electron chi connectivity index (χ3n) is 2.82. The molecule has 0 aromatic heterocycles.